The highest BCUT2D eigenvalue weighted by Crippen LogP contribution is 2.22. The van der Waals surface area contributed by atoms with Crippen LogP contribution in [-0.2, 0) is 6.54 Å². The molecule has 0 bridgehead atoms. The molecule has 0 radical (unpaired) electrons. The molecule has 0 saturated carbocycles. The van der Waals surface area contributed by atoms with Crippen molar-refractivity contribution in [2.75, 3.05) is 0 Å². The van der Waals surface area contributed by atoms with Gasteiger partial charge in [-0.1, -0.05) is 6.07 Å². The Morgan fingerprint density at radius 1 is 1.28 bits per heavy atom. The highest BCUT2D eigenvalue weighted by Gasteiger charge is 2.13. The molecule has 0 atom stereocenters. The van der Waals surface area contributed by atoms with Crippen molar-refractivity contribution in [1.29, 1.82) is 0 Å². The fourth-order valence-electron chi connectivity index (χ4n) is 1.39. The Morgan fingerprint density at radius 2 is 2.06 bits per heavy atom. The van der Waals surface area contributed by atoms with Crippen LogP contribution in [0.15, 0.2) is 38.6 Å². The number of rotatable bonds is 3. The van der Waals surface area contributed by atoms with Crippen molar-refractivity contribution in [2.24, 2.45) is 0 Å². The van der Waals surface area contributed by atoms with Crippen molar-refractivity contribution in [1.82, 2.24) is 5.32 Å². The van der Waals surface area contributed by atoms with Crippen LogP contribution in [0, 0.1) is 5.82 Å². The molecule has 1 amide bonds. The van der Waals surface area contributed by atoms with Crippen LogP contribution in [0.3, 0.4) is 0 Å². The first-order valence-corrected chi connectivity index (χ1v) is 7.44. The van der Waals surface area contributed by atoms with Crippen molar-refractivity contribution in [3.8, 4) is 0 Å². The monoisotopic (exact) mass is 391 g/mol. The lowest BCUT2D eigenvalue weighted by Crippen LogP contribution is -2.23. The van der Waals surface area contributed by atoms with Gasteiger partial charge in [0.2, 0.25) is 0 Å². The maximum Gasteiger partial charge on any atom is 0.254 e. The summed E-state index contributed by atoms with van der Waals surface area (Å²) in [6.07, 6.45) is 0. The normalized spacial score (nSPS) is 10.4. The standard InChI is InChI=1S/C12H8Br2FNOS/c13-9-3-1-2-8(11(9)15)12(17)16-6-7-4-5-10(14)18-7/h1-5H,6H2,(H,16,17). The summed E-state index contributed by atoms with van der Waals surface area (Å²) < 4.78 is 15.0. The molecule has 0 aliphatic rings. The second-order valence-electron chi connectivity index (χ2n) is 3.49. The molecule has 1 heterocycles. The van der Waals surface area contributed by atoms with Crippen LogP contribution in [0.5, 0.6) is 0 Å². The van der Waals surface area contributed by atoms with Crippen LogP contribution in [0.2, 0.25) is 0 Å². The van der Waals surface area contributed by atoms with E-state index >= 15 is 0 Å². The van der Waals surface area contributed by atoms with Crippen molar-refractivity contribution >= 4 is 49.1 Å². The quantitative estimate of drug-likeness (QED) is 0.826. The van der Waals surface area contributed by atoms with Crippen molar-refractivity contribution in [3.63, 3.8) is 0 Å². The van der Waals surface area contributed by atoms with Crippen LogP contribution >= 0.6 is 43.2 Å². The minimum absolute atomic E-state index is 0.0417. The second kappa shape index (κ2) is 5.95. The van der Waals surface area contributed by atoms with E-state index in [-0.39, 0.29) is 10.0 Å². The maximum atomic E-state index is 13.7. The molecule has 2 aromatic rings. The van der Waals surface area contributed by atoms with Gasteiger partial charge in [-0.25, -0.2) is 4.39 Å². The van der Waals surface area contributed by atoms with Gasteiger partial charge < -0.3 is 5.32 Å². The van der Waals surface area contributed by atoms with Gasteiger partial charge in [0.25, 0.3) is 5.91 Å². The molecule has 0 saturated heterocycles. The zero-order valence-electron chi connectivity index (χ0n) is 9.04. The SMILES string of the molecule is O=C(NCc1ccc(Br)s1)c1cccc(Br)c1F. The Kier molecular flexibility index (Phi) is 4.53. The van der Waals surface area contributed by atoms with Gasteiger partial charge >= 0.3 is 0 Å². The van der Waals surface area contributed by atoms with E-state index in [1.165, 1.54) is 17.4 Å². The zero-order valence-corrected chi connectivity index (χ0v) is 13.0. The number of carbonyl (C=O) groups excluding carboxylic acids is 1. The van der Waals surface area contributed by atoms with Crippen molar-refractivity contribution in [2.45, 2.75) is 6.54 Å². The van der Waals surface area contributed by atoms with E-state index in [4.69, 9.17) is 0 Å². The minimum Gasteiger partial charge on any atom is -0.347 e. The predicted molar refractivity (Wildman–Crippen MR) is 77.3 cm³/mol. The number of hydrogen-bond donors (Lipinski definition) is 1. The Labute approximate surface area is 124 Å². The molecule has 6 heteroatoms. The number of amides is 1. The molecule has 0 unspecified atom stereocenters. The molecule has 0 fully saturated rings. The van der Waals surface area contributed by atoms with Gasteiger partial charge in [-0.05, 0) is 56.1 Å². The third-order valence-electron chi connectivity index (χ3n) is 2.25. The summed E-state index contributed by atoms with van der Waals surface area (Å²) in [7, 11) is 0. The largest absolute Gasteiger partial charge is 0.347 e. The summed E-state index contributed by atoms with van der Waals surface area (Å²) >= 11 is 7.93. The molecule has 0 spiro atoms. The Bertz CT molecular complexity index is 585. The summed E-state index contributed by atoms with van der Waals surface area (Å²) in [4.78, 5) is 12.8. The van der Waals surface area contributed by atoms with Crippen LogP contribution in [0.1, 0.15) is 15.2 Å². The molecule has 0 aliphatic carbocycles. The fourth-order valence-corrected chi connectivity index (χ4v) is 3.18. The third-order valence-corrected chi connectivity index (χ3v) is 4.48. The lowest BCUT2D eigenvalue weighted by molar-refractivity contribution is 0.0947. The van der Waals surface area contributed by atoms with Crippen LogP contribution < -0.4 is 5.32 Å². The van der Waals surface area contributed by atoms with Gasteiger partial charge in [0.1, 0.15) is 5.82 Å². The molecular formula is C12H8Br2FNOS. The van der Waals surface area contributed by atoms with Gasteiger partial charge in [-0.15, -0.1) is 11.3 Å². The zero-order chi connectivity index (χ0) is 13.1. The van der Waals surface area contributed by atoms with Gasteiger partial charge in [0, 0.05) is 4.88 Å². The molecule has 1 N–H and O–H groups in total. The molecule has 94 valence electrons. The first-order valence-electron chi connectivity index (χ1n) is 5.04. The third kappa shape index (κ3) is 3.18. The Morgan fingerprint density at radius 3 is 2.72 bits per heavy atom. The first-order chi connectivity index (χ1) is 8.58. The topological polar surface area (TPSA) is 29.1 Å². The Balaban J connectivity index is 2.06. The molecule has 2 nitrogen and oxygen atoms in total. The van der Waals surface area contributed by atoms with Gasteiger partial charge in [0.05, 0.1) is 20.4 Å². The smallest absolute Gasteiger partial charge is 0.254 e. The highest BCUT2D eigenvalue weighted by molar-refractivity contribution is 9.11. The molecule has 18 heavy (non-hydrogen) atoms. The number of carbonyl (C=O) groups is 1. The lowest BCUT2D eigenvalue weighted by Gasteiger charge is -2.05. The number of benzene rings is 1. The maximum absolute atomic E-state index is 13.7. The van der Waals surface area contributed by atoms with Crippen molar-refractivity contribution < 1.29 is 9.18 Å². The van der Waals surface area contributed by atoms with E-state index in [0.29, 0.717) is 6.54 Å². The van der Waals surface area contributed by atoms with E-state index in [9.17, 15) is 9.18 Å². The molecule has 1 aromatic carbocycles. The average molecular weight is 393 g/mol. The molecule has 0 aliphatic heterocycles. The van der Waals surface area contributed by atoms with Gasteiger partial charge in [-0.3, -0.25) is 4.79 Å². The van der Waals surface area contributed by atoms with E-state index in [1.807, 2.05) is 12.1 Å². The highest BCUT2D eigenvalue weighted by atomic mass is 79.9. The summed E-state index contributed by atoms with van der Waals surface area (Å²) in [5.41, 5.74) is 0.0417. The molecule has 2 rings (SSSR count). The van der Waals surface area contributed by atoms with Gasteiger partial charge in [0.15, 0.2) is 0 Å². The first kappa shape index (κ1) is 13.7. The summed E-state index contributed by atoms with van der Waals surface area (Å²) in [6.45, 7) is 0.390. The predicted octanol–water partition coefficient (Wildman–Crippen LogP) is 4.34. The van der Waals surface area contributed by atoms with E-state index in [2.05, 4.69) is 37.2 Å². The molecular weight excluding hydrogens is 385 g/mol. The average Bonchev–Trinajstić information content (AvgIpc) is 2.76. The van der Waals surface area contributed by atoms with Crippen molar-refractivity contribution in [3.05, 3.63) is 54.8 Å². The van der Waals surface area contributed by atoms with E-state index in [0.717, 1.165) is 8.66 Å². The number of halogens is 3. The molecule has 1 aromatic heterocycles. The number of nitrogens with one attached hydrogen (secondary N) is 1. The number of thiophene rings is 1. The van der Waals surface area contributed by atoms with Crippen LogP contribution in [0.4, 0.5) is 4.39 Å². The summed E-state index contributed by atoms with van der Waals surface area (Å²) in [5.74, 6) is -0.958. The summed E-state index contributed by atoms with van der Waals surface area (Å²) in [6, 6.07) is 8.46. The van der Waals surface area contributed by atoms with Crippen LogP contribution in [0.25, 0.3) is 0 Å². The fraction of sp³-hybridized carbons (Fsp3) is 0.0833. The summed E-state index contributed by atoms with van der Waals surface area (Å²) in [5, 5.41) is 2.69. The lowest BCUT2D eigenvalue weighted by atomic mass is 10.2. The van der Waals surface area contributed by atoms with Gasteiger partial charge in [-0.2, -0.15) is 0 Å². The second-order valence-corrected chi connectivity index (χ2v) is 6.89. The minimum atomic E-state index is -0.539. The van der Waals surface area contributed by atoms with Crippen LogP contribution in [-0.4, -0.2) is 5.91 Å². The van der Waals surface area contributed by atoms with E-state index < -0.39 is 11.7 Å². The Hall–Kier alpha value is -0.720. The number of hydrogen-bond acceptors (Lipinski definition) is 2. The van der Waals surface area contributed by atoms with E-state index in [1.54, 1.807) is 12.1 Å².